The molecule has 1 amide bonds. The molecule has 138 valence electrons. The van der Waals surface area contributed by atoms with Crippen LogP contribution in [-0.4, -0.2) is 47.8 Å². The Balaban J connectivity index is 2.07. The number of carbonyl (C=O) groups is 4. The number of fused-ring (bicyclic) bond motifs is 2. The predicted molar refractivity (Wildman–Crippen MR) is 91.3 cm³/mol. The van der Waals surface area contributed by atoms with Gasteiger partial charge in [0.2, 0.25) is 5.91 Å². The molecule has 1 aromatic rings. The number of ketones is 2. The molecule has 1 aliphatic heterocycles. The lowest BCUT2D eigenvalue weighted by Crippen LogP contribution is -2.56. The number of carboxylic acid groups (broad SMARTS) is 1. The number of Topliss-reactive ketones (excluding diaryl/α,β-unsaturated/α-hetero) is 2. The van der Waals surface area contributed by atoms with E-state index in [4.69, 9.17) is 21.4 Å². The number of ether oxygens (including phenoxy) is 1. The van der Waals surface area contributed by atoms with Crippen molar-refractivity contribution >= 4 is 35.0 Å². The second kappa shape index (κ2) is 6.81. The third kappa shape index (κ3) is 2.91. The van der Waals surface area contributed by atoms with Crippen LogP contribution in [0.1, 0.15) is 35.7 Å². The third-order valence-corrected chi connectivity index (χ3v) is 5.33. The first-order chi connectivity index (χ1) is 12.3. The molecule has 1 spiro atoms. The number of aliphatic carboxylic acids is 1. The number of carbonyl (C=O) groups excluding carboxylic acids is 3. The largest absolute Gasteiger partial charge is 0.480 e. The lowest BCUT2D eigenvalue weighted by atomic mass is 9.61. The Morgan fingerprint density at radius 3 is 2.58 bits per heavy atom. The highest BCUT2D eigenvalue weighted by molar-refractivity contribution is 6.33. The molecule has 1 aromatic carbocycles. The summed E-state index contributed by atoms with van der Waals surface area (Å²) < 4.78 is 5.36. The molecule has 2 aliphatic rings. The monoisotopic (exact) mass is 379 g/mol. The fourth-order valence-corrected chi connectivity index (χ4v) is 3.83. The molecule has 1 unspecified atom stereocenters. The van der Waals surface area contributed by atoms with Crippen LogP contribution in [0.15, 0.2) is 18.2 Å². The number of hydrogen-bond acceptors (Lipinski definition) is 5. The van der Waals surface area contributed by atoms with Crippen LogP contribution < -0.4 is 5.32 Å². The van der Waals surface area contributed by atoms with E-state index in [1.807, 2.05) is 0 Å². The SMILES string of the molecule is C[C@@H](NC(=O)C1C(=O)c2cc(Cl)ccc2C2(CCOCC2)C1=O)C(=O)O. The highest BCUT2D eigenvalue weighted by atomic mass is 35.5. The molecular weight excluding hydrogens is 362 g/mol. The maximum absolute atomic E-state index is 13.2. The summed E-state index contributed by atoms with van der Waals surface area (Å²) >= 11 is 6.02. The highest BCUT2D eigenvalue weighted by Gasteiger charge is 2.54. The van der Waals surface area contributed by atoms with Crippen LogP contribution in [0.25, 0.3) is 0 Å². The van der Waals surface area contributed by atoms with E-state index in [-0.39, 0.29) is 5.56 Å². The fraction of sp³-hybridized carbons (Fsp3) is 0.444. The highest BCUT2D eigenvalue weighted by Crippen LogP contribution is 2.44. The average Bonchev–Trinajstić information content (AvgIpc) is 2.61. The van der Waals surface area contributed by atoms with E-state index in [1.54, 1.807) is 12.1 Å². The van der Waals surface area contributed by atoms with Crippen molar-refractivity contribution in [1.29, 1.82) is 0 Å². The molecule has 2 atom stereocenters. The number of amides is 1. The number of nitrogens with one attached hydrogen (secondary N) is 1. The molecule has 1 saturated heterocycles. The van der Waals surface area contributed by atoms with Gasteiger partial charge < -0.3 is 15.2 Å². The summed E-state index contributed by atoms with van der Waals surface area (Å²) in [5.41, 5.74) is -0.196. The number of hydrogen-bond donors (Lipinski definition) is 2. The van der Waals surface area contributed by atoms with Gasteiger partial charge in [-0.3, -0.25) is 19.2 Å². The molecular formula is C18H18ClNO6. The Morgan fingerprint density at radius 2 is 1.96 bits per heavy atom. The number of carboxylic acids is 1. The summed E-state index contributed by atoms with van der Waals surface area (Å²) in [6.07, 6.45) is 0.706. The fourth-order valence-electron chi connectivity index (χ4n) is 3.65. The van der Waals surface area contributed by atoms with Crippen molar-refractivity contribution in [1.82, 2.24) is 5.32 Å². The molecule has 1 fully saturated rings. The van der Waals surface area contributed by atoms with E-state index in [0.29, 0.717) is 36.6 Å². The summed E-state index contributed by atoms with van der Waals surface area (Å²) in [5.74, 6) is -4.89. The van der Waals surface area contributed by atoms with Crippen LogP contribution in [0.4, 0.5) is 0 Å². The molecule has 7 nitrogen and oxygen atoms in total. The summed E-state index contributed by atoms with van der Waals surface area (Å²) in [6.45, 7) is 1.94. The van der Waals surface area contributed by atoms with E-state index in [1.165, 1.54) is 13.0 Å². The van der Waals surface area contributed by atoms with Crippen molar-refractivity contribution in [2.45, 2.75) is 31.2 Å². The van der Waals surface area contributed by atoms with Crippen LogP contribution in [-0.2, 0) is 24.5 Å². The van der Waals surface area contributed by atoms with E-state index < -0.39 is 40.8 Å². The summed E-state index contributed by atoms with van der Waals surface area (Å²) in [4.78, 5) is 49.7. The Morgan fingerprint density at radius 1 is 1.31 bits per heavy atom. The van der Waals surface area contributed by atoms with Gasteiger partial charge in [0.25, 0.3) is 0 Å². The quantitative estimate of drug-likeness (QED) is 0.767. The zero-order valence-corrected chi connectivity index (χ0v) is 14.8. The van der Waals surface area contributed by atoms with Crippen molar-refractivity contribution in [2.24, 2.45) is 5.92 Å². The van der Waals surface area contributed by atoms with Gasteiger partial charge in [0, 0.05) is 23.8 Å². The molecule has 0 bridgehead atoms. The lowest BCUT2D eigenvalue weighted by Gasteiger charge is -2.42. The maximum Gasteiger partial charge on any atom is 0.325 e. The second-order valence-electron chi connectivity index (χ2n) is 6.61. The van der Waals surface area contributed by atoms with E-state index in [9.17, 15) is 19.2 Å². The Bertz CT molecular complexity index is 799. The second-order valence-corrected chi connectivity index (χ2v) is 7.05. The minimum Gasteiger partial charge on any atom is -0.480 e. The molecule has 0 radical (unpaired) electrons. The van der Waals surface area contributed by atoms with Crippen LogP contribution in [0.3, 0.4) is 0 Å². The Kier molecular flexibility index (Phi) is 4.86. The molecule has 0 saturated carbocycles. The first-order valence-corrected chi connectivity index (χ1v) is 8.65. The van der Waals surface area contributed by atoms with Crippen molar-refractivity contribution in [3.05, 3.63) is 34.3 Å². The number of rotatable bonds is 3. The van der Waals surface area contributed by atoms with E-state index >= 15 is 0 Å². The summed E-state index contributed by atoms with van der Waals surface area (Å²) in [5, 5.41) is 11.5. The normalized spacial score (nSPS) is 22.6. The van der Waals surface area contributed by atoms with Gasteiger partial charge in [-0.25, -0.2) is 0 Å². The van der Waals surface area contributed by atoms with Crippen molar-refractivity contribution < 1.29 is 29.0 Å². The van der Waals surface area contributed by atoms with E-state index in [2.05, 4.69) is 5.32 Å². The standard InChI is InChI=1S/C18H18ClNO6/c1-9(17(24)25)20-16(23)13-14(21)11-8-10(19)2-3-12(11)18(15(13)22)4-6-26-7-5-18/h2-3,8-9,13H,4-7H2,1H3,(H,20,23)(H,24,25)/t9-,13?/m1/s1. The number of halogens is 1. The smallest absolute Gasteiger partial charge is 0.325 e. The van der Waals surface area contributed by atoms with Crippen molar-refractivity contribution in [3.63, 3.8) is 0 Å². The summed E-state index contributed by atoms with van der Waals surface area (Å²) in [7, 11) is 0. The van der Waals surface area contributed by atoms with Gasteiger partial charge in [0.05, 0.1) is 5.41 Å². The van der Waals surface area contributed by atoms with Gasteiger partial charge in [-0.05, 0) is 37.5 Å². The van der Waals surface area contributed by atoms with Crippen LogP contribution in [0, 0.1) is 5.92 Å². The van der Waals surface area contributed by atoms with Gasteiger partial charge >= 0.3 is 5.97 Å². The molecule has 1 aliphatic carbocycles. The average molecular weight is 380 g/mol. The molecule has 0 aromatic heterocycles. The maximum atomic E-state index is 13.2. The van der Waals surface area contributed by atoms with Crippen molar-refractivity contribution in [3.8, 4) is 0 Å². The zero-order chi connectivity index (χ0) is 19.1. The van der Waals surface area contributed by atoms with Crippen molar-refractivity contribution in [2.75, 3.05) is 13.2 Å². The lowest BCUT2D eigenvalue weighted by molar-refractivity contribution is -0.144. The Hall–Kier alpha value is -2.25. The molecule has 2 N–H and O–H groups in total. The van der Waals surface area contributed by atoms with Crippen LogP contribution in [0.2, 0.25) is 5.02 Å². The van der Waals surface area contributed by atoms with Gasteiger partial charge in [-0.1, -0.05) is 17.7 Å². The summed E-state index contributed by atoms with van der Waals surface area (Å²) in [6, 6.07) is 3.52. The van der Waals surface area contributed by atoms with Crippen LogP contribution >= 0.6 is 11.6 Å². The van der Waals surface area contributed by atoms with Gasteiger partial charge in [-0.15, -0.1) is 0 Å². The van der Waals surface area contributed by atoms with E-state index in [0.717, 1.165) is 0 Å². The number of benzene rings is 1. The van der Waals surface area contributed by atoms with Gasteiger partial charge in [-0.2, -0.15) is 0 Å². The molecule has 26 heavy (non-hydrogen) atoms. The Labute approximate surface area is 154 Å². The first-order valence-electron chi connectivity index (χ1n) is 8.27. The zero-order valence-electron chi connectivity index (χ0n) is 14.1. The minimum absolute atomic E-state index is 0.238. The molecule has 3 rings (SSSR count). The predicted octanol–water partition coefficient (Wildman–Crippen LogP) is 1.36. The third-order valence-electron chi connectivity index (χ3n) is 5.10. The van der Waals surface area contributed by atoms with Gasteiger partial charge in [0.15, 0.2) is 17.5 Å². The van der Waals surface area contributed by atoms with Gasteiger partial charge in [0.1, 0.15) is 6.04 Å². The molecule has 8 heteroatoms. The first kappa shape index (κ1) is 18.5. The van der Waals surface area contributed by atoms with Crippen LogP contribution in [0.5, 0.6) is 0 Å². The topological polar surface area (TPSA) is 110 Å². The minimum atomic E-state index is -1.58. The molecule has 1 heterocycles.